The van der Waals surface area contributed by atoms with Gasteiger partial charge in [0.05, 0.1) is 5.92 Å². The molecule has 0 aliphatic heterocycles. The van der Waals surface area contributed by atoms with Crippen molar-refractivity contribution in [1.82, 2.24) is 0 Å². The summed E-state index contributed by atoms with van der Waals surface area (Å²) in [5.41, 5.74) is 3.43. The van der Waals surface area contributed by atoms with Crippen molar-refractivity contribution in [3.05, 3.63) is 61.4 Å². The molecule has 1 aromatic carbocycles. The third-order valence-electron chi connectivity index (χ3n) is 2.12. The third-order valence-corrected chi connectivity index (χ3v) is 2.12. The molecule has 1 aromatic rings. The Morgan fingerprint density at radius 1 is 1.44 bits per heavy atom. The maximum absolute atomic E-state index is 11.8. The van der Waals surface area contributed by atoms with Crippen LogP contribution in [0.25, 0.3) is 0 Å². The average molecular weight is 213 g/mol. The van der Waals surface area contributed by atoms with Gasteiger partial charge in [0, 0.05) is 5.69 Å². The summed E-state index contributed by atoms with van der Waals surface area (Å²) in [5.74, 6) is -0.322. The highest BCUT2D eigenvalue weighted by Gasteiger charge is 2.13. The number of carbonyl (C=O) groups excluding carboxylic acids is 1. The van der Waals surface area contributed by atoms with Gasteiger partial charge in [0.15, 0.2) is 0 Å². The number of amides is 1. The van der Waals surface area contributed by atoms with Crippen molar-refractivity contribution in [2.24, 2.45) is 5.92 Å². The van der Waals surface area contributed by atoms with E-state index in [2.05, 4.69) is 24.2 Å². The predicted molar refractivity (Wildman–Crippen MR) is 67.1 cm³/mol. The quantitative estimate of drug-likeness (QED) is 0.590. The van der Waals surface area contributed by atoms with Crippen molar-refractivity contribution >= 4 is 11.6 Å². The molecule has 0 radical (unpaired) electrons. The van der Waals surface area contributed by atoms with E-state index in [0.29, 0.717) is 6.42 Å². The molecule has 1 rings (SSSR count). The van der Waals surface area contributed by atoms with E-state index < -0.39 is 0 Å². The van der Waals surface area contributed by atoms with Crippen LogP contribution in [0.1, 0.15) is 6.42 Å². The van der Waals surface area contributed by atoms with Crippen LogP contribution in [0, 0.1) is 5.92 Å². The molecule has 82 valence electrons. The minimum Gasteiger partial charge on any atom is -0.326 e. The normalized spacial score (nSPS) is 11.0. The molecule has 16 heavy (non-hydrogen) atoms. The second-order valence-electron chi connectivity index (χ2n) is 3.36. The van der Waals surface area contributed by atoms with Crippen LogP contribution in [0.2, 0.25) is 0 Å². The predicted octanol–water partition coefficient (Wildman–Crippen LogP) is 3.16. The first-order valence-corrected chi connectivity index (χ1v) is 5.10. The summed E-state index contributed by atoms with van der Waals surface area (Å²) in [6, 6.07) is 9.35. The summed E-state index contributed by atoms with van der Waals surface area (Å²) < 4.78 is 0. The number of anilines is 1. The first-order chi connectivity index (χ1) is 7.77. The van der Waals surface area contributed by atoms with Gasteiger partial charge in [-0.15, -0.1) is 12.3 Å². The molecule has 0 saturated carbocycles. The minimum atomic E-state index is -0.254. The summed E-state index contributed by atoms with van der Waals surface area (Å²) in [4.78, 5) is 11.8. The van der Waals surface area contributed by atoms with Gasteiger partial charge in [-0.3, -0.25) is 4.79 Å². The van der Waals surface area contributed by atoms with Gasteiger partial charge >= 0.3 is 0 Å². The summed E-state index contributed by atoms with van der Waals surface area (Å²) >= 11 is 0. The van der Waals surface area contributed by atoms with Crippen LogP contribution in [0.5, 0.6) is 0 Å². The zero-order chi connectivity index (χ0) is 11.8. The second kappa shape index (κ2) is 6.44. The van der Waals surface area contributed by atoms with E-state index in [1.54, 1.807) is 12.2 Å². The molecule has 1 atom stereocenters. The Bertz CT molecular complexity index is 402. The fourth-order valence-corrected chi connectivity index (χ4v) is 1.33. The maximum atomic E-state index is 11.8. The van der Waals surface area contributed by atoms with Gasteiger partial charge in [0.1, 0.15) is 0 Å². The molecule has 0 saturated heterocycles. The Labute approximate surface area is 96.0 Å². The molecule has 2 nitrogen and oxygen atoms in total. The Kier molecular flexibility index (Phi) is 4.84. The Morgan fingerprint density at radius 2 is 2.12 bits per heavy atom. The van der Waals surface area contributed by atoms with Crippen LogP contribution < -0.4 is 5.32 Å². The molecule has 0 spiro atoms. The summed E-state index contributed by atoms with van der Waals surface area (Å²) in [7, 11) is 0. The number of carbonyl (C=O) groups is 1. The number of allylic oxidation sites excluding steroid dienone is 1. The molecule has 1 amide bonds. The molecule has 0 bridgehead atoms. The standard InChI is InChI=1S/C14H15NO/c1-3-8-12(9-4-2)14(16)15-13-10-6-5-7-11-13/h3,5-7,9-12H,1-2,8H2,(H,15,16). The van der Waals surface area contributed by atoms with Gasteiger partial charge < -0.3 is 5.32 Å². The summed E-state index contributed by atoms with van der Waals surface area (Å²) in [6.07, 6.45) is 3.95. The first-order valence-electron chi connectivity index (χ1n) is 5.10. The zero-order valence-electron chi connectivity index (χ0n) is 9.15. The first kappa shape index (κ1) is 12.0. The average Bonchev–Trinajstić information content (AvgIpc) is 2.30. The molecule has 0 fully saturated rings. The lowest BCUT2D eigenvalue weighted by atomic mass is 10.0. The van der Waals surface area contributed by atoms with Gasteiger partial charge in [0.25, 0.3) is 0 Å². The van der Waals surface area contributed by atoms with Crippen molar-refractivity contribution in [3.8, 4) is 0 Å². The zero-order valence-corrected chi connectivity index (χ0v) is 9.15. The largest absolute Gasteiger partial charge is 0.326 e. The van der Waals surface area contributed by atoms with E-state index in [-0.39, 0.29) is 11.8 Å². The van der Waals surface area contributed by atoms with Crippen LogP contribution >= 0.6 is 0 Å². The molecule has 1 N–H and O–H groups in total. The second-order valence-corrected chi connectivity index (χ2v) is 3.36. The lowest BCUT2D eigenvalue weighted by Gasteiger charge is -2.10. The van der Waals surface area contributed by atoms with Crippen LogP contribution in [0.15, 0.2) is 61.4 Å². The highest BCUT2D eigenvalue weighted by molar-refractivity contribution is 5.93. The topological polar surface area (TPSA) is 29.1 Å². The van der Waals surface area contributed by atoms with E-state index in [0.717, 1.165) is 5.69 Å². The molecule has 0 heterocycles. The van der Waals surface area contributed by atoms with Gasteiger partial charge in [-0.1, -0.05) is 30.9 Å². The highest BCUT2D eigenvalue weighted by Crippen LogP contribution is 2.11. The molecule has 2 heteroatoms. The van der Waals surface area contributed by atoms with Gasteiger partial charge in [-0.25, -0.2) is 0 Å². The van der Waals surface area contributed by atoms with Gasteiger partial charge in [0.2, 0.25) is 5.91 Å². The van der Waals surface area contributed by atoms with E-state index in [9.17, 15) is 4.79 Å². The van der Waals surface area contributed by atoms with Crippen molar-refractivity contribution in [1.29, 1.82) is 0 Å². The molecule has 0 aliphatic rings. The van der Waals surface area contributed by atoms with Gasteiger partial charge in [-0.05, 0) is 24.6 Å². The Morgan fingerprint density at radius 3 is 2.69 bits per heavy atom. The molecule has 0 aromatic heterocycles. The number of rotatable bonds is 5. The van der Waals surface area contributed by atoms with Crippen LogP contribution in [-0.4, -0.2) is 5.91 Å². The van der Waals surface area contributed by atoms with E-state index >= 15 is 0 Å². The molecular weight excluding hydrogens is 198 g/mol. The Hall–Kier alpha value is -2.05. The highest BCUT2D eigenvalue weighted by atomic mass is 16.1. The Balaban J connectivity index is 2.69. The maximum Gasteiger partial charge on any atom is 0.232 e. The van der Waals surface area contributed by atoms with E-state index in [1.165, 1.54) is 0 Å². The monoisotopic (exact) mass is 213 g/mol. The van der Waals surface area contributed by atoms with Gasteiger partial charge in [-0.2, -0.15) is 0 Å². The SMILES string of the molecule is C=C=CC(CC=C)C(=O)Nc1ccccc1. The van der Waals surface area contributed by atoms with Crippen molar-refractivity contribution in [2.75, 3.05) is 5.32 Å². The fourth-order valence-electron chi connectivity index (χ4n) is 1.33. The lowest BCUT2D eigenvalue weighted by molar-refractivity contribution is -0.118. The molecular formula is C14H15NO. The summed E-state index contributed by atoms with van der Waals surface area (Å²) in [5, 5.41) is 2.83. The summed E-state index contributed by atoms with van der Waals surface area (Å²) in [6.45, 7) is 7.10. The smallest absolute Gasteiger partial charge is 0.232 e. The number of benzene rings is 1. The van der Waals surface area contributed by atoms with E-state index in [1.807, 2.05) is 30.3 Å². The van der Waals surface area contributed by atoms with Crippen molar-refractivity contribution in [3.63, 3.8) is 0 Å². The molecule has 0 aliphatic carbocycles. The van der Waals surface area contributed by atoms with Crippen LogP contribution in [0.3, 0.4) is 0 Å². The number of para-hydroxylation sites is 1. The fraction of sp³-hybridized carbons (Fsp3) is 0.143. The molecule has 1 unspecified atom stereocenters. The van der Waals surface area contributed by atoms with Crippen LogP contribution in [0.4, 0.5) is 5.69 Å². The number of hydrogen-bond acceptors (Lipinski definition) is 1. The van der Waals surface area contributed by atoms with Crippen molar-refractivity contribution < 1.29 is 4.79 Å². The number of hydrogen-bond donors (Lipinski definition) is 1. The number of nitrogens with one attached hydrogen (secondary N) is 1. The van der Waals surface area contributed by atoms with E-state index in [4.69, 9.17) is 0 Å². The minimum absolute atomic E-state index is 0.0674. The third kappa shape index (κ3) is 3.60. The lowest BCUT2D eigenvalue weighted by Crippen LogP contribution is -2.20. The van der Waals surface area contributed by atoms with Crippen LogP contribution in [-0.2, 0) is 4.79 Å². The van der Waals surface area contributed by atoms with Crippen molar-refractivity contribution in [2.45, 2.75) is 6.42 Å².